The summed E-state index contributed by atoms with van der Waals surface area (Å²) in [5.41, 5.74) is 0.977. The van der Waals surface area contributed by atoms with Crippen molar-refractivity contribution in [2.45, 2.75) is 32.7 Å². The fourth-order valence-electron chi connectivity index (χ4n) is 3.20. The highest BCUT2D eigenvalue weighted by Gasteiger charge is 2.32. The highest BCUT2D eigenvalue weighted by atomic mass is 16.5. The van der Waals surface area contributed by atoms with Gasteiger partial charge in [-0.15, -0.1) is 0 Å². The number of ether oxygens (including phenoxy) is 1. The van der Waals surface area contributed by atoms with Crippen molar-refractivity contribution in [1.82, 2.24) is 15.0 Å². The Morgan fingerprint density at radius 2 is 2.12 bits per heavy atom. The Bertz CT molecular complexity index is 657. The molecule has 0 radical (unpaired) electrons. The molecule has 1 fully saturated rings. The molecule has 1 N–H and O–H groups in total. The summed E-state index contributed by atoms with van der Waals surface area (Å²) in [5, 5.41) is 13.7. The second-order valence-electron chi connectivity index (χ2n) is 6.53. The van der Waals surface area contributed by atoms with E-state index in [-0.39, 0.29) is 12.0 Å². The van der Waals surface area contributed by atoms with Crippen LogP contribution >= 0.6 is 0 Å². The van der Waals surface area contributed by atoms with Crippen LogP contribution in [0.2, 0.25) is 0 Å². The molecule has 24 heavy (non-hydrogen) atoms. The van der Waals surface area contributed by atoms with Crippen LogP contribution in [0, 0.1) is 5.41 Å². The molecule has 0 spiro atoms. The van der Waals surface area contributed by atoms with E-state index >= 15 is 0 Å². The SMILES string of the molecule is CCC1(CO)CCN(Cc2nc(-c3cccc(OC)c3)no2)CC1. The number of nitrogens with zero attached hydrogens (tertiary/aromatic N) is 3. The number of likely N-dealkylation sites (tertiary alicyclic amines) is 1. The maximum absolute atomic E-state index is 9.62. The van der Waals surface area contributed by atoms with Gasteiger partial charge in [-0.25, -0.2) is 0 Å². The lowest BCUT2D eigenvalue weighted by Crippen LogP contribution is -2.41. The van der Waals surface area contributed by atoms with Crippen LogP contribution in [0.5, 0.6) is 5.75 Å². The molecule has 1 aromatic heterocycles. The Morgan fingerprint density at radius 3 is 2.79 bits per heavy atom. The molecule has 130 valence electrons. The first-order valence-electron chi connectivity index (χ1n) is 8.48. The van der Waals surface area contributed by atoms with E-state index in [1.165, 1.54) is 0 Å². The molecule has 1 saturated heterocycles. The van der Waals surface area contributed by atoms with Gasteiger partial charge >= 0.3 is 0 Å². The fraction of sp³-hybridized carbons (Fsp3) is 0.556. The van der Waals surface area contributed by atoms with Crippen LogP contribution < -0.4 is 4.74 Å². The number of methoxy groups -OCH3 is 1. The van der Waals surface area contributed by atoms with Gasteiger partial charge in [0.25, 0.3) is 0 Å². The third kappa shape index (κ3) is 3.60. The quantitative estimate of drug-likeness (QED) is 0.877. The molecular weight excluding hydrogens is 306 g/mol. The van der Waals surface area contributed by atoms with Crippen LogP contribution in [-0.4, -0.2) is 47.0 Å². The Labute approximate surface area is 142 Å². The molecule has 0 saturated carbocycles. The number of rotatable bonds is 6. The van der Waals surface area contributed by atoms with Crippen molar-refractivity contribution in [3.63, 3.8) is 0 Å². The van der Waals surface area contributed by atoms with Crippen molar-refractivity contribution in [2.75, 3.05) is 26.8 Å². The first-order chi connectivity index (χ1) is 11.7. The molecule has 2 heterocycles. The first-order valence-corrected chi connectivity index (χ1v) is 8.48. The normalized spacial score (nSPS) is 17.8. The van der Waals surface area contributed by atoms with Gasteiger partial charge in [-0.2, -0.15) is 4.98 Å². The zero-order valence-corrected chi connectivity index (χ0v) is 14.4. The lowest BCUT2D eigenvalue weighted by molar-refractivity contribution is 0.0348. The molecule has 0 bridgehead atoms. The molecule has 2 aromatic rings. The molecule has 0 amide bonds. The molecule has 6 heteroatoms. The number of piperidine rings is 1. The third-order valence-corrected chi connectivity index (χ3v) is 5.16. The molecule has 1 aliphatic rings. The Kier molecular flexibility index (Phi) is 5.16. The lowest BCUT2D eigenvalue weighted by atomic mass is 9.77. The zero-order valence-electron chi connectivity index (χ0n) is 14.4. The Morgan fingerprint density at radius 1 is 1.33 bits per heavy atom. The first kappa shape index (κ1) is 16.9. The number of aromatic nitrogens is 2. The van der Waals surface area contributed by atoms with Crippen molar-refractivity contribution >= 4 is 0 Å². The van der Waals surface area contributed by atoms with Crippen LogP contribution in [0.1, 0.15) is 32.1 Å². The molecule has 1 aromatic carbocycles. The number of aliphatic hydroxyl groups excluding tert-OH is 1. The summed E-state index contributed by atoms with van der Waals surface area (Å²) in [6.45, 7) is 4.99. The smallest absolute Gasteiger partial charge is 0.241 e. The topological polar surface area (TPSA) is 71.6 Å². The number of aliphatic hydroxyl groups is 1. The molecule has 6 nitrogen and oxygen atoms in total. The van der Waals surface area contributed by atoms with Crippen molar-refractivity contribution < 1.29 is 14.4 Å². The van der Waals surface area contributed by atoms with E-state index in [1.807, 2.05) is 24.3 Å². The summed E-state index contributed by atoms with van der Waals surface area (Å²) in [7, 11) is 1.64. The van der Waals surface area contributed by atoms with Crippen LogP contribution in [-0.2, 0) is 6.54 Å². The highest BCUT2D eigenvalue weighted by Crippen LogP contribution is 2.34. The predicted octanol–water partition coefficient (Wildman–Crippen LogP) is 2.73. The highest BCUT2D eigenvalue weighted by molar-refractivity contribution is 5.56. The predicted molar refractivity (Wildman–Crippen MR) is 90.6 cm³/mol. The van der Waals surface area contributed by atoms with Crippen molar-refractivity contribution in [3.05, 3.63) is 30.2 Å². The van der Waals surface area contributed by atoms with Crippen LogP contribution in [0.4, 0.5) is 0 Å². The molecular formula is C18H25N3O3. The summed E-state index contributed by atoms with van der Waals surface area (Å²) >= 11 is 0. The largest absolute Gasteiger partial charge is 0.497 e. The average Bonchev–Trinajstić information content (AvgIpc) is 3.11. The number of benzene rings is 1. The summed E-state index contributed by atoms with van der Waals surface area (Å²) in [5.74, 6) is 1.98. The maximum atomic E-state index is 9.62. The summed E-state index contributed by atoms with van der Waals surface area (Å²) < 4.78 is 10.6. The van der Waals surface area contributed by atoms with E-state index in [2.05, 4.69) is 22.0 Å². The van der Waals surface area contributed by atoms with Gasteiger partial charge in [0.1, 0.15) is 5.75 Å². The maximum Gasteiger partial charge on any atom is 0.241 e. The minimum absolute atomic E-state index is 0.0943. The average molecular weight is 331 g/mol. The minimum Gasteiger partial charge on any atom is -0.497 e. The van der Waals surface area contributed by atoms with E-state index < -0.39 is 0 Å². The Balaban J connectivity index is 1.63. The molecule has 0 aliphatic carbocycles. The van der Waals surface area contributed by atoms with E-state index in [1.54, 1.807) is 7.11 Å². The standard InChI is InChI=1S/C18H25N3O3/c1-3-18(13-22)7-9-21(10-8-18)12-16-19-17(20-24-16)14-5-4-6-15(11-14)23-2/h4-6,11,22H,3,7-10,12-13H2,1-2H3. The minimum atomic E-state index is 0.0943. The lowest BCUT2D eigenvalue weighted by Gasteiger charge is -2.39. The summed E-state index contributed by atoms with van der Waals surface area (Å²) in [6.07, 6.45) is 3.05. The van der Waals surface area contributed by atoms with Gasteiger partial charge in [-0.05, 0) is 49.9 Å². The van der Waals surface area contributed by atoms with Gasteiger partial charge in [-0.3, -0.25) is 4.90 Å². The second kappa shape index (κ2) is 7.32. The van der Waals surface area contributed by atoms with Gasteiger partial charge in [0.05, 0.1) is 13.7 Å². The molecule has 3 rings (SSSR count). The molecule has 0 atom stereocenters. The molecule has 1 aliphatic heterocycles. The summed E-state index contributed by atoms with van der Waals surface area (Å²) in [6, 6.07) is 7.63. The monoisotopic (exact) mass is 331 g/mol. The van der Waals surface area contributed by atoms with Gasteiger partial charge in [0.2, 0.25) is 11.7 Å². The zero-order chi connectivity index (χ0) is 17.0. The molecule has 0 unspecified atom stereocenters. The third-order valence-electron chi connectivity index (χ3n) is 5.16. The van der Waals surface area contributed by atoms with Crippen LogP contribution in [0.15, 0.2) is 28.8 Å². The van der Waals surface area contributed by atoms with E-state index in [0.717, 1.165) is 43.7 Å². The van der Waals surface area contributed by atoms with Crippen LogP contribution in [0.3, 0.4) is 0 Å². The van der Waals surface area contributed by atoms with E-state index in [0.29, 0.717) is 18.3 Å². The van der Waals surface area contributed by atoms with Crippen molar-refractivity contribution in [2.24, 2.45) is 5.41 Å². The van der Waals surface area contributed by atoms with Gasteiger partial charge in [0, 0.05) is 12.2 Å². The van der Waals surface area contributed by atoms with E-state index in [9.17, 15) is 5.11 Å². The Hall–Kier alpha value is -1.92. The van der Waals surface area contributed by atoms with Crippen molar-refractivity contribution in [1.29, 1.82) is 0 Å². The van der Waals surface area contributed by atoms with Gasteiger partial charge in [0.15, 0.2) is 0 Å². The summed E-state index contributed by atoms with van der Waals surface area (Å²) in [4.78, 5) is 6.81. The van der Waals surface area contributed by atoms with Crippen LogP contribution in [0.25, 0.3) is 11.4 Å². The fourth-order valence-corrected chi connectivity index (χ4v) is 3.20. The van der Waals surface area contributed by atoms with Crippen molar-refractivity contribution in [3.8, 4) is 17.1 Å². The van der Waals surface area contributed by atoms with Gasteiger partial charge < -0.3 is 14.4 Å². The van der Waals surface area contributed by atoms with E-state index in [4.69, 9.17) is 9.26 Å². The second-order valence-corrected chi connectivity index (χ2v) is 6.53. The number of hydrogen-bond acceptors (Lipinski definition) is 6. The van der Waals surface area contributed by atoms with Gasteiger partial charge in [-0.1, -0.05) is 24.2 Å². The number of hydrogen-bond donors (Lipinski definition) is 1.